The molecule has 0 radical (unpaired) electrons. The highest BCUT2D eigenvalue weighted by atomic mass is 15.3. The van der Waals surface area contributed by atoms with E-state index >= 15 is 0 Å². The third-order valence-corrected chi connectivity index (χ3v) is 3.77. The lowest BCUT2D eigenvalue weighted by molar-refractivity contribution is 0.429. The molecule has 0 aliphatic heterocycles. The van der Waals surface area contributed by atoms with Crippen LogP contribution in [0.25, 0.3) is 11.1 Å². The first-order valence-corrected chi connectivity index (χ1v) is 6.69. The molecule has 1 saturated carbocycles. The highest BCUT2D eigenvalue weighted by Gasteiger charge is 2.15. The predicted octanol–water partition coefficient (Wildman–Crippen LogP) is 3.32. The highest BCUT2D eigenvalue weighted by Crippen LogP contribution is 2.27. The molecular formula is C15H19N3. The Labute approximate surface area is 108 Å². The number of benzene rings is 1. The van der Waals surface area contributed by atoms with Gasteiger partial charge in [-0.1, -0.05) is 25.0 Å². The van der Waals surface area contributed by atoms with Crippen molar-refractivity contribution in [1.82, 2.24) is 9.78 Å². The summed E-state index contributed by atoms with van der Waals surface area (Å²) in [6, 6.07) is 7.97. The zero-order valence-corrected chi connectivity index (χ0v) is 10.5. The minimum absolute atomic E-state index is 0.802. The lowest BCUT2D eigenvalue weighted by Gasteiger charge is -2.08. The summed E-state index contributed by atoms with van der Waals surface area (Å²) >= 11 is 0. The molecule has 0 unspecified atom stereocenters. The van der Waals surface area contributed by atoms with E-state index in [1.54, 1.807) is 0 Å². The van der Waals surface area contributed by atoms with Crippen LogP contribution in [0.3, 0.4) is 0 Å². The maximum absolute atomic E-state index is 5.81. The number of rotatable bonds is 3. The van der Waals surface area contributed by atoms with Gasteiger partial charge >= 0.3 is 0 Å². The Bertz CT molecular complexity index is 524. The Kier molecular flexibility index (Phi) is 3.05. The highest BCUT2D eigenvalue weighted by molar-refractivity contribution is 5.65. The van der Waals surface area contributed by atoms with Crippen molar-refractivity contribution in [3.8, 4) is 11.1 Å². The first-order chi connectivity index (χ1) is 8.81. The van der Waals surface area contributed by atoms with Gasteiger partial charge in [0.25, 0.3) is 0 Å². The molecule has 94 valence electrons. The number of hydrogen-bond donors (Lipinski definition) is 1. The van der Waals surface area contributed by atoms with E-state index < -0.39 is 0 Å². The first-order valence-electron chi connectivity index (χ1n) is 6.69. The SMILES string of the molecule is Nc1cccc(-c2cnn(CC3CCCC3)c2)c1. The molecule has 3 heteroatoms. The lowest BCUT2D eigenvalue weighted by atomic mass is 10.1. The summed E-state index contributed by atoms with van der Waals surface area (Å²) in [7, 11) is 0. The van der Waals surface area contributed by atoms with Crippen LogP contribution in [-0.4, -0.2) is 9.78 Å². The van der Waals surface area contributed by atoms with Crippen LogP contribution < -0.4 is 5.73 Å². The zero-order chi connectivity index (χ0) is 12.4. The number of nitrogens with zero attached hydrogens (tertiary/aromatic N) is 2. The minimum atomic E-state index is 0.802. The average molecular weight is 241 g/mol. The van der Waals surface area contributed by atoms with E-state index in [0.29, 0.717) is 0 Å². The van der Waals surface area contributed by atoms with Crippen LogP contribution in [0.5, 0.6) is 0 Å². The molecule has 0 atom stereocenters. The zero-order valence-electron chi connectivity index (χ0n) is 10.5. The second kappa shape index (κ2) is 4.84. The minimum Gasteiger partial charge on any atom is -0.399 e. The van der Waals surface area contributed by atoms with Gasteiger partial charge in [0.1, 0.15) is 0 Å². The van der Waals surface area contributed by atoms with Gasteiger partial charge in [-0.3, -0.25) is 4.68 Å². The fourth-order valence-corrected chi connectivity index (χ4v) is 2.79. The van der Waals surface area contributed by atoms with E-state index in [2.05, 4.69) is 22.0 Å². The molecule has 1 aliphatic carbocycles. The number of aromatic nitrogens is 2. The van der Waals surface area contributed by atoms with Crippen LogP contribution in [0.2, 0.25) is 0 Å². The molecule has 1 aliphatic rings. The monoisotopic (exact) mass is 241 g/mol. The van der Waals surface area contributed by atoms with Gasteiger partial charge in [-0.15, -0.1) is 0 Å². The molecule has 1 aromatic heterocycles. The Balaban J connectivity index is 1.76. The number of anilines is 1. The average Bonchev–Trinajstić information content (AvgIpc) is 3.01. The second-order valence-corrected chi connectivity index (χ2v) is 5.23. The van der Waals surface area contributed by atoms with E-state index in [0.717, 1.165) is 29.3 Å². The largest absolute Gasteiger partial charge is 0.399 e. The van der Waals surface area contributed by atoms with Gasteiger partial charge in [0.15, 0.2) is 0 Å². The third-order valence-electron chi connectivity index (χ3n) is 3.77. The Morgan fingerprint density at radius 1 is 1.22 bits per heavy atom. The van der Waals surface area contributed by atoms with Gasteiger partial charge < -0.3 is 5.73 Å². The van der Waals surface area contributed by atoms with Crippen LogP contribution >= 0.6 is 0 Å². The van der Waals surface area contributed by atoms with Crippen LogP contribution in [0, 0.1) is 5.92 Å². The van der Waals surface area contributed by atoms with E-state index in [1.165, 1.54) is 25.7 Å². The smallest absolute Gasteiger partial charge is 0.0568 e. The number of nitrogen functional groups attached to an aromatic ring is 1. The van der Waals surface area contributed by atoms with E-state index in [4.69, 9.17) is 5.73 Å². The predicted molar refractivity (Wildman–Crippen MR) is 74.0 cm³/mol. The fraction of sp³-hybridized carbons (Fsp3) is 0.400. The summed E-state index contributed by atoms with van der Waals surface area (Å²) in [5, 5.41) is 4.46. The van der Waals surface area contributed by atoms with E-state index in [9.17, 15) is 0 Å². The molecule has 1 heterocycles. The van der Waals surface area contributed by atoms with Gasteiger partial charge in [0.05, 0.1) is 6.20 Å². The molecule has 3 nitrogen and oxygen atoms in total. The molecule has 2 aromatic rings. The molecule has 1 fully saturated rings. The summed E-state index contributed by atoms with van der Waals surface area (Å²) in [6.07, 6.45) is 9.54. The molecular weight excluding hydrogens is 222 g/mol. The maximum Gasteiger partial charge on any atom is 0.0568 e. The Morgan fingerprint density at radius 3 is 2.83 bits per heavy atom. The fourth-order valence-electron chi connectivity index (χ4n) is 2.79. The van der Waals surface area contributed by atoms with Crippen molar-refractivity contribution in [3.63, 3.8) is 0 Å². The molecule has 2 N–H and O–H groups in total. The van der Waals surface area contributed by atoms with Gasteiger partial charge in [-0.25, -0.2) is 0 Å². The Morgan fingerprint density at radius 2 is 2.06 bits per heavy atom. The second-order valence-electron chi connectivity index (χ2n) is 5.23. The molecule has 3 rings (SSSR count). The molecule has 18 heavy (non-hydrogen) atoms. The normalized spacial score (nSPS) is 16.2. The molecule has 1 aromatic carbocycles. The molecule has 0 spiro atoms. The molecule has 0 saturated heterocycles. The van der Waals surface area contributed by atoms with Crippen molar-refractivity contribution in [3.05, 3.63) is 36.7 Å². The quantitative estimate of drug-likeness (QED) is 0.838. The summed E-state index contributed by atoms with van der Waals surface area (Å²) in [5.74, 6) is 0.818. The molecule has 0 amide bonds. The number of hydrogen-bond acceptors (Lipinski definition) is 2. The van der Waals surface area contributed by atoms with Crippen LogP contribution in [0.1, 0.15) is 25.7 Å². The van der Waals surface area contributed by atoms with Crippen molar-refractivity contribution < 1.29 is 0 Å². The van der Waals surface area contributed by atoms with Crippen molar-refractivity contribution in [2.75, 3.05) is 5.73 Å². The van der Waals surface area contributed by atoms with Gasteiger partial charge in [-0.2, -0.15) is 5.10 Å². The van der Waals surface area contributed by atoms with E-state index in [1.807, 2.05) is 24.4 Å². The van der Waals surface area contributed by atoms with Crippen molar-refractivity contribution in [1.29, 1.82) is 0 Å². The third kappa shape index (κ3) is 2.40. The maximum atomic E-state index is 5.81. The lowest BCUT2D eigenvalue weighted by Crippen LogP contribution is -2.07. The van der Waals surface area contributed by atoms with Crippen molar-refractivity contribution in [2.45, 2.75) is 32.2 Å². The van der Waals surface area contributed by atoms with Gasteiger partial charge in [0.2, 0.25) is 0 Å². The summed E-state index contributed by atoms with van der Waals surface area (Å²) < 4.78 is 2.08. The van der Waals surface area contributed by atoms with Gasteiger partial charge in [0, 0.05) is 24.0 Å². The summed E-state index contributed by atoms with van der Waals surface area (Å²) in [4.78, 5) is 0. The summed E-state index contributed by atoms with van der Waals surface area (Å²) in [5.41, 5.74) is 8.91. The first kappa shape index (κ1) is 11.3. The topological polar surface area (TPSA) is 43.8 Å². The summed E-state index contributed by atoms with van der Waals surface area (Å²) in [6.45, 7) is 1.06. The van der Waals surface area contributed by atoms with Crippen LogP contribution in [0.4, 0.5) is 5.69 Å². The van der Waals surface area contributed by atoms with E-state index in [-0.39, 0.29) is 0 Å². The standard InChI is InChI=1S/C15H19N3/c16-15-7-3-6-13(8-15)14-9-17-18(11-14)10-12-4-1-2-5-12/h3,6-9,11-12H,1-2,4-5,10,16H2. The number of nitrogens with two attached hydrogens (primary N) is 1. The Hall–Kier alpha value is -1.77. The van der Waals surface area contributed by atoms with Crippen molar-refractivity contribution >= 4 is 5.69 Å². The molecule has 0 bridgehead atoms. The van der Waals surface area contributed by atoms with Crippen molar-refractivity contribution in [2.24, 2.45) is 5.92 Å². The van der Waals surface area contributed by atoms with Crippen LogP contribution in [0.15, 0.2) is 36.7 Å². The van der Waals surface area contributed by atoms with Crippen LogP contribution in [-0.2, 0) is 6.54 Å². The van der Waals surface area contributed by atoms with Gasteiger partial charge in [-0.05, 0) is 36.5 Å².